The second kappa shape index (κ2) is 6.43. The van der Waals surface area contributed by atoms with Gasteiger partial charge in [0, 0.05) is 38.0 Å². The Morgan fingerprint density at radius 3 is 3.00 bits per heavy atom. The first kappa shape index (κ1) is 17.1. The van der Waals surface area contributed by atoms with E-state index in [4.69, 9.17) is 9.84 Å². The van der Waals surface area contributed by atoms with Crippen LogP contribution in [0.1, 0.15) is 42.8 Å². The summed E-state index contributed by atoms with van der Waals surface area (Å²) in [4.78, 5) is 13.2. The van der Waals surface area contributed by atoms with Gasteiger partial charge in [-0.2, -0.15) is 5.10 Å². The fraction of sp³-hybridized carbons (Fsp3) is 0.500. The number of carboxylic acid groups (broad SMARTS) is 1. The summed E-state index contributed by atoms with van der Waals surface area (Å²) in [7, 11) is 0. The molecule has 3 heterocycles. The van der Waals surface area contributed by atoms with Crippen LogP contribution in [-0.4, -0.2) is 37.9 Å². The van der Waals surface area contributed by atoms with Crippen molar-refractivity contribution in [1.29, 1.82) is 0 Å². The second-order valence-electron chi connectivity index (χ2n) is 7.90. The highest BCUT2D eigenvalue weighted by atomic mass is 16.5. The molecule has 138 valence electrons. The number of carbonyl (C=O) groups is 1. The quantitative estimate of drug-likeness (QED) is 0.893. The van der Waals surface area contributed by atoms with Crippen LogP contribution >= 0.6 is 0 Å². The van der Waals surface area contributed by atoms with E-state index in [1.165, 1.54) is 11.1 Å². The highest BCUT2D eigenvalue weighted by Crippen LogP contribution is 2.38. The summed E-state index contributed by atoms with van der Waals surface area (Å²) >= 11 is 0. The Bertz CT molecular complexity index is 841. The van der Waals surface area contributed by atoms with Crippen molar-refractivity contribution in [2.75, 3.05) is 6.54 Å². The highest BCUT2D eigenvalue weighted by molar-refractivity contribution is 5.66. The lowest BCUT2D eigenvalue weighted by molar-refractivity contribution is -0.136. The Labute approximate surface area is 153 Å². The first-order valence-corrected chi connectivity index (χ1v) is 9.19. The van der Waals surface area contributed by atoms with Crippen molar-refractivity contribution in [3.05, 3.63) is 46.8 Å². The molecule has 0 bridgehead atoms. The number of para-hydroxylation sites is 1. The molecular formula is C20H25N3O3. The van der Waals surface area contributed by atoms with E-state index in [-0.39, 0.29) is 12.0 Å². The van der Waals surface area contributed by atoms with Gasteiger partial charge in [0.05, 0.1) is 24.4 Å². The number of ether oxygens (including phenoxy) is 1. The highest BCUT2D eigenvalue weighted by Gasteiger charge is 2.32. The fourth-order valence-corrected chi connectivity index (χ4v) is 3.92. The van der Waals surface area contributed by atoms with Crippen molar-refractivity contribution < 1.29 is 14.6 Å². The van der Waals surface area contributed by atoms with Gasteiger partial charge in [-0.25, -0.2) is 0 Å². The minimum atomic E-state index is -0.779. The van der Waals surface area contributed by atoms with Crippen LogP contribution in [0.4, 0.5) is 0 Å². The van der Waals surface area contributed by atoms with Crippen LogP contribution in [0, 0.1) is 0 Å². The monoisotopic (exact) mass is 355 g/mol. The van der Waals surface area contributed by atoms with Crippen LogP contribution in [0.3, 0.4) is 0 Å². The minimum Gasteiger partial charge on any atom is -0.487 e. The Kier molecular flexibility index (Phi) is 4.23. The van der Waals surface area contributed by atoms with Crippen LogP contribution in [0.25, 0.3) is 0 Å². The lowest BCUT2D eigenvalue weighted by Gasteiger charge is -2.28. The molecule has 0 radical (unpaired) electrons. The van der Waals surface area contributed by atoms with Crippen LogP contribution in [0.5, 0.6) is 5.75 Å². The molecule has 0 atom stereocenters. The molecule has 2 aliphatic rings. The molecule has 0 saturated heterocycles. The van der Waals surface area contributed by atoms with Gasteiger partial charge in [-0.3, -0.25) is 14.4 Å². The average Bonchev–Trinajstić information content (AvgIpc) is 3.11. The number of aliphatic carboxylic acids is 1. The molecule has 0 fully saturated rings. The van der Waals surface area contributed by atoms with E-state index < -0.39 is 5.97 Å². The summed E-state index contributed by atoms with van der Waals surface area (Å²) in [6, 6.07) is 8.49. The van der Waals surface area contributed by atoms with Crippen molar-refractivity contribution in [3.63, 3.8) is 0 Å². The molecule has 0 aliphatic carbocycles. The number of hydrogen-bond donors (Lipinski definition) is 1. The summed E-state index contributed by atoms with van der Waals surface area (Å²) in [5.41, 5.74) is 4.44. The minimum absolute atomic E-state index is 0.127. The summed E-state index contributed by atoms with van der Waals surface area (Å²) < 4.78 is 8.21. The van der Waals surface area contributed by atoms with Gasteiger partial charge in [-0.1, -0.05) is 18.2 Å². The molecule has 6 nitrogen and oxygen atoms in total. The average molecular weight is 355 g/mol. The van der Waals surface area contributed by atoms with E-state index in [9.17, 15) is 4.79 Å². The van der Waals surface area contributed by atoms with Gasteiger partial charge in [-0.05, 0) is 25.5 Å². The number of benzene rings is 1. The SMILES string of the molecule is CC1(C)Cc2cccc(CN3CCn4nc(CCC(=O)O)cc4C3)c2O1. The molecular weight excluding hydrogens is 330 g/mol. The molecule has 4 rings (SSSR count). The van der Waals surface area contributed by atoms with Crippen LogP contribution in [0.15, 0.2) is 24.3 Å². The van der Waals surface area contributed by atoms with E-state index in [1.807, 2.05) is 10.7 Å². The maximum Gasteiger partial charge on any atom is 0.303 e. The number of hydrogen-bond acceptors (Lipinski definition) is 4. The van der Waals surface area contributed by atoms with Crippen LogP contribution in [0.2, 0.25) is 0 Å². The maximum atomic E-state index is 10.8. The molecule has 26 heavy (non-hydrogen) atoms. The van der Waals surface area contributed by atoms with Gasteiger partial charge in [0.1, 0.15) is 11.4 Å². The van der Waals surface area contributed by atoms with Crippen LogP contribution < -0.4 is 4.74 Å². The van der Waals surface area contributed by atoms with Crippen molar-refractivity contribution >= 4 is 5.97 Å². The molecule has 2 aromatic rings. The molecule has 0 spiro atoms. The van der Waals surface area contributed by atoms with Gasteiger partial charge in [-0.15, -0.1) is 0 Å². The molecule has 0 unspecified atom stereocenters. The van der Waals surface area contributed by atoms with E-state index in [2.05, 4.69) is 42.0 Å². The zero-order valence-corrected chi connectivity index (χ0v) is 15.4. The molecule has 1 aromatic heterocycles. The lowest BCUT2D eigenvalue weighted by Crippen LogP contribution is -2.33. The van der Waals surface area contributed by atoms with E-state index in [0.29, 0.717) is 6.42 Å². The number of aromatic nitrogens is 2. The van der Waals surface area contributed by atoms with E-state index in [0.717, 1.165) is 49.7 Å². The molecule has 0 amide bonds. The normalized spacial score (nSPS) is 18.2. The van der Waals surface area contributed by atoms with Gasteiger partial charge >= 0.3 is 5.97 Å². The fourth-order valence-electron chi connectivity index (χ4n) is 3.92. The zero-order chi connectivity index (χ0) is 18.3. The number of nitrogens with zero attached hydrogens (tertiary/aromatic N) is 3. The lowest BCUT2D eigenvalue weighted by atomic mass is 10.0. The summed E-state index contributed by atoms with van der Waals surface area (Å²) in [6.07, 6.45) is 1.57. The number of rotatable bonds is 5. The zero-order valence-electron chi connectivity index (χ0n) is 15.4. The largest absolute Gasteiger partial charge is 0.487 e. The van der Waals surface area contributed by atoms with Gasteiger partial charge < -0.3 is 9.84 Å². The standard InChI is InChI=1S/C20H25N3O3/c1-20(2)11-14-4-3-5-15(19(14)26-20)12-22-8-9-23-17(13-22)10-16(21-23)6-7-18(24)25/h3-5,10H,6-9,11-13H2,1-2H3,(H,24,25). The molecule has 1 N–H and O–H groups in total. The maximum absolute atomic E-state index is 10.8. The second-order valence-corrected chi connectivity index (χ2v) is 7.90. The topological polar surface area (TPSA) is 67.6 Å². The Balaban J connectivity index is 1.46. The van der Waals surface area contributed by atoms with Gasteiger partial charge in [0.25, 0.3) is 0 Å². The molecule has 6 heteroatoms. The first-order valence-electron chi connectivity index (χ1n) is 9.19. The molecule has 2 aliphatic heterocycles. The Hall–Kier alpha value is -2.34. The summed E-state index contributed by atoms with van der Waals surface area (Å²) in [6.45, 7) is 7.72. The molecule has 0 saturated carbocycles. The predicted octanol–water partition coefficient (Wildman–Crippen LogP) is 2.63. The Morgan fingerprint density at radius 1 is 1.35 bits per heavy atom. The smallest absolute Gasteiger partial charge is 0.303 e. The van der Waals surface area contributed by atoms with Crippen molar-refractivity contribution in [3.8, 4) is 5.75 Å². The third-order valence-electron chi connectivity index (χ3n) is 5.09. The summed E-state index contributed by atoms with van der Waals surface area (Å²) in [5.74, 6) is 0.275. The van der Waals surface area contributed by atoms with Gasteiger partial charge in [0.15, 0.2) is 0 Å². The van der Waals surface area contributed by atoms with Crippen molar-refractivity contribution in [1.82, 2.24) is 14.7 Å². The summed E-state index contributed by atoms with van der Waals surface area (Å²) in [5, 5.41) is 13.4. The van der Waals surface area contributed by atoms with Crippen LogP contribution in [-0.2, 0) is 37.3 Å². The van der Waals surface area contributed by atoms with Crippen molar-refractivity contribution in [2.24, 2.45) is 0 Å². The van der Waals surface area contributed by atoms with Gasteiger partial charge in [0.2, 0.25) is 0 Å². The number of fused-ring (bicyclic) bond motifs is 2. The third-order valence-corrected chi connectivity index (χ3v) is 5.09. The van der Waals surface area contributed by atoms with E-state index >= 15 is 0 Å². The first-order chi connectivity index (χ1) is 12.4. The van der Waals surface area contributed by atoms with Crippen molar-refractivity contribution in [2.45, 2.75) is 58.3 Å². The Morgan fingerprint density at radius 2 is 2.19 bits per heavy atom. The predicted molar refractivity (Wildman–Crippen MR) is 97.2 cm³/mol. The number of aryl methyl sites for hydroxylation is 1. The molecule has 1 aromatic carbocycles. The van der Waals surface area contributed by atoms with E-state index in [1.54, 1.807) is 0 Å². The third kappa shape index (κ3) is 3.46. The number of carboxylic acids is 1.